The number of aryl methyl sites for hydroxylation is 1. The molecular weight excluding hydrogens is 208 g/mol. The minimum Gasteiger partial charge on any atom is -0.462 e. The van der Waals surface area contributed by atoms with Gasteiger partial charge in [0.15, 0.2) is 0 Å². The highest BCUT2D eigenvalue weighted by Crippen LogP contribution is 2.14. The highest BCUT2D eigenvalue weighted by atomic mass is 35.5. The molecule has 0 N–H and O–H groups in total. The van der Waals surface area contributed by atoms with E-state index in [9.17, 15) is 0 Å². The maximum Gasteiger partial charge on any atom is 0.127 e. The predicted molar refractivity (Wildman–Crippen MR) is 63.8 cm³/mol. The lowest BCUT2D eigenvalue weighted by atomic mass is 10.2. The lowest BCUT2D eigenvalue weighted by molar-refractivity contribution is 0.525. The first-order valence-electron chi connectivity index (χ1n) is 4.74. The Hall–Kier alpha value is -1.47. The summed E-state index contributed by atoms with van der Waals surface area (Å²) in [6.45, 7) is 1.93. The molecule has 1 aromatic carbocycles. The number of hydrogen-bond acceptors (Lipinski definition) is 1. The minimum absolute atomic E-state index is 0.743. The molecule has 2 heteroatoms. The Bertz CT molecular complexity index is 483. The molecule has 0 spiro atoms. The highest BCUT2D eigenvalue weighted by molar-refractivity contribution is 6.30. The summed E-state index contributed by atoms with van der Waals surface area (Å²) < 4.78 is 5.42. The van der Waals surface area contributed by atoms with E-state index in [2.05, 4.69) is 0 Å². The molecule has 1 aromatic heterocycles. The van der Waals surface area contributed by atoms with Gasteiger partial charge in [0.2, 0.25) is 0 Å². The topological polar surface area (TPSA) is 13.1 Å². The van der Waals surface area contributed by atoms with Gasteiger partial charge in [-0.15, -0.1) is 0 Å². The summed E-state index contributed by atoms with van der Waals surface area (Å²) in [5.74, 6) is 1.77. The first-order valence-corrected chi connectivity index (χ1v) is 5.12. The Morgan fingerprint density at radius 2 is 2.00 bits per heavy atom. The molecule has 1 nitrogen and oxygen atoms in total. The van der Waals surface area contributed by atoms with Gasteiger partial charge in [0.1, 0.15) is 11.5 Å². The Kier molecular flexibility index (Phi) is 2.93. The molecule has 0 radical (unpaired) electrons. The van der Waals surface area contributed by atoms with Gasteiger partial charge in [0.25, 0.3) is 0 Å². The second kappa shape index (κ2) is 4.37. The zero-order valence-corrected chi connectivity index (χ0v) is 9.16. The molecule has 15 heavy (non-hydrogen) atoms. The van der Waals surface area contributed by atoms with Crippen LogP contribution in [0.5, 0.6) is 0 Å². The van der Waals surface area contributed by atoms with E-state index >= 15 is 0 Å². The summed E-state index contributed by atoms with van der Waals surface area (Å²) in [4.78, 5) is 0. The van der Waals surface area contributed by atoms with Crippen molar-refractivity contribution in [2.75, 3.05) is 0 Å². The van der Waals surface area contributed by atoms with Crippen molar-refractivity contribution in [3.8, 4) is 0 Å². The van der Waals surface area contributed by atoms with Crippen molar-refractivity contribution < 1.29 is 4.42 Å². The molecule has 1 heterocycles. The SMILES string of the molecule is Cc1ccc(/C=C/c2cccc(Cl)c2)o1. The van der Waals surface area contributed by atoms with Gasteiger partial charge in [-0.25, -0.2) is 0 Å². The molecule has 2 rings (SSSR count). The van der Waals surface area contributed by atoms with Crippen molar-refractivity contribution in [2.24, 2.45) is 0 Å². The third-order valence-corrected chi connectivity index (χ3v) is 2.28. The predicted octanol–water partition coefficient (Wildman–Crippen LogP) is 4.41. The van der Waals surface area contributed by atoms with Crippen LogP contribution in [0.3, 0.4) is 0 Å². The van der Waals surface area contributed by atoms with E-state index in [0.29, 0.717) is 0 Å². The lowest BCUT2D eigenvalue weighted by Crippen LogP contribution is -1.70. The fourth-order valence-electron chi connectivity index (χ4n) is 1.33. The molecule has 0 amide bonds. The minimum atomic E-state index is 0.743. The van der Waals surface area contributed by atoms with Crippen molar-refractivity contribution in [3.63, 3.8) is 0 Å². The maximum absolute atomic E-state index is 5.87. The summed E-state index contributed by atoms with van der Waals surface area (Å²) in [6.07, 6.45) is 3.91. The average Bonchev–Trinajstić information content (AvgIpc) is 2.62. The van der Waals surface area contributed by atoms with Crippen LogP contribution in [0.4, 0.5) is 0 Å². The van der Waals surface area contributed by atoms with E-state index in [4.69, 9.17) is 16.0 Å². The molecule has 76 valence electrons. The first kappa shape index (κ1) is 10.1. The standard InChI is InChI=1S/C13H11ClO/c1-10-5-7-13(15-10)8-6-11-3-2-4-12(14)9-11/h2-9H,1H3/b8-6+. The van der Waals surface area contributed by atoms with Crippen LogP contribution in [-0.2, 0) is 0 Å². The summed E-state index contributed by atoms with van der Waals surface area (Å²) in [5, 5.41) is 0.743. The zero-order valence-electron chi connectivity index (χ0n) is 8.41. The fraction of sp³-hybridized carbons (Fsp3) is 0.0769. The van der Waals surface area contributed by atoms with Crippen LogP contribution < -0.4 is 0 Å². The van der Waals surface area contributed by atoms with Crippen LogP contribution in [0.15, 0.2) is 40.8 Å². The molecule has 0 aliphatic heterocycles. The van der Waals surface area contributed by atoms with Crippen LogP contribution in [-0.4, -0.2) is 0 Å². The number of furan rings is 1. The van der Waals surface area contributed by atoms with E-state index in [-0.39, 0.29) is 0 Å². The summed E-state index contributed by atoms with van der Waals surface area (Å²) in [6, 6.07) is 11.6. The smallest absolute Gasteiger partial charge is 0.127 e. The van der Waals surface area contributed by atoms with Crippen molar-refractivity contribution in [1.82, 2.24) is 0 Å². The molecule has 0 saturated carbocycles. The first-order chi connectivity index (χ1) is 7.24. The molecule has 0 aliphatic carbocycles. The Labute approximate surface area is 94.0 Å². The largest absolute Gasteiger partial charge is 0.462 e. The molecule has 2 aromatic rings. The molecule has 0 unspecified atom stereocenters. The van der Waals surface area contributed by atoms with Crippen molar-refractivity contribution >= 4 is 23.8 Å². The molecule has 0 saturated heterocycles. The zero-order chi connectivity index (χ0) is 10.7. The van der Waals surface area contributed by atoms with Crippen LogP contribution in [0, 0.1) is 6.92 Å². The van der Waals surface area contributed by atoms with E-state index in [0.717, 1.165) is 22.1 Å². The highest BCUT2D eigenvalue weighted by Gasteiger charge is 1.93. The molecule has 0 bridgehead atoms. The van der Waals surface area contributed by atoms with E-state index in [1.165, 1.54) is 0 Å². The van der Waals surface area contributed by atoms with Gasteiger partial charge in [0.05, 0.1) is 0 Å². The number of hydrogen-bond donors (Lipinski definition) is 0. The van der Waals surface area contributed by atoms with Gasteiger partial charge in [-0.05, 0) is 42.8 Å². The summed E-state index contributed by atoms with van der Waals surface area (Å²) in [5.41, 5.74) is 1.07. The Morgan fingerprint density at radius 3 is 2.67 bits per heavy atom. The Morgan fingerprint density at radius 1 is 1.13 bits per heavy atom. The van der Waals surface area contributed by atoms with Crippen LogP contribution >= 0.6 is 11.6 Å². The van der Waals surface area contributed by atoms with Gasteiger partial charge in [0, 0.05) is 5.02 Å². The quantitative estimate of drug-likeness (QED) is 0.728. The van der Waals surface area contributed by atoms with Gasteiger partial charge in [-0.3, -0.25) is 0 Å². The monoisotopic (exact) mass is 218 g/mol. The van der Waals surface area contributed by atoms with Gasteiger partial charge in [-0.2, -0.15) is 0 Å². The van der Waals surface area contributed by atoms with Crippen LogP contribution in [0.2, 0.25) is 5.02 Å². The number of rotatable bonds is 2. The second-order valence-electron chi connectivity index (χ2n) is 3.34. The van der Waals surface area contributed by atoms with E-state index < -0.39 is 0 Å². The number of benzene rings is 1. The van der Waals surface area contributed by atoms with Crippen LogP contribution in [0.1, 0.15) is 17.1 Å². The third-order valence-electron chi connectivity index (χ3n) is 2.05. The molecule has 0 fully saturated rings. The van der Waals surface area contributed by atoms with Gasteiger partial charge < -0.3 is 4.42 Å². The van der Waals surface area contributed by atoms with Gasteiger partial charge in [-0.1, -0.05) is 29.8 Å². The summed E-state index contributed by atoms with van der Waals surface area (Å²) in [7, 11) is 0. The van der Waals surface area contributed by atoms with Crippen molar-refractivity contribution in [3.05, 3.63) is 58.5 Å². The average molecular weight is 219 g/mol. The lowest BCUT2D eigenvalue weighted by Gasteiger charge is -1.93. The van der Waals surface area contributed by atoms with Crippen molar-refractivity contribution in [2.45, 2.75) is 6.92 Å². The summed E-state index contributed by atoms with van der Waals surface area (Å²) >= 11 is 5.87. The fourth-order valence-corrected chi connectivity index (χ4v) is 1.53. The number of halogens is 1. The molecular formula is C13H11ClO. The molecule has 0 atom stereocenters. The van der Waals surface area contributed by atoms with E-state index in [1.807, 2.05) is 55.5 Å². The van der Waals surface area contributed by atoms with Crippen LogP contribution in [0.25, 0.3) is 12.2 Å². The normalized spacial score (nSPS) is 11.1. The molecule has 0 aliphatic rings. The van der Waals surface area contributed by atoms with Crippen molar-refractivity contribution in [1.29, 1.82) is 0 Å². The van der Waals surface area contributed by atoms with E-state index in [1.54, 1.807) is 0 Å². The third kappa shape index (κ3) is 2.74. The maximum atomic E-state index is 5.87. The second-order valence-corrected chi connectivity index (χ2v) is 3.77. The Balaban J connectivity index is 2.18. The van der Waals surface area contributed by atoms with Gasteiger partial charge >= 0.3 is 0 Å².